The molecule has 2 aromatic carbocycles. The first-order valence-corrected chi connectivity index (χ1v) is 7.85. The maximum atomic E-state index is 13.3. The Labute approximate surface area is 127 Å². The van der Waals surface area contributed by atoms with Crippen LogP contribution in [0.4, 0.5) is 10.1 Å². The number of hydrogen-bond acceptors (Lipinski definition) is 3. The third kappa shape index (κ3) is 3.11. The van der Waals surface area contributed by atoms with Crippen LogP contribution in [0.3, 0.4) is 0 Å². The molecule has 0 saturated heterocycles. The number of anilines is 1. The Morgan fingerprint density at radius 2 is 1.76 bits per heavy atom. The molecule has 0 aliphatic carbocycles. The number of nitrogens with one attached hydrogen (secondary N) is 1. The predicted octanol–water partition coefficient (Wildman–Crippen LogP) is 3.60. The molecule has 0 unspecified atom stereocenters. The van der Waals surface area contributed by atoms with E-state index in [2.05, 4.69) is 4.72 Å². The van der Waals surface area contributed by atoms with Crippen molar-refractivity contribution in [2.75, 3.05) is 4.72 Å². The molecule has 112 valence electrons. The van der Waals surface area contributed by atoms with Gasteiger partial charge in [0.05, 0.1) is 15.6 Å². The molecule has 0 bridgehead atoms. The van der Waals surface area contributed by atoms with Gasteiger partial charge in [-0.05, 0) is 49.2 Å². The van der Waals surface area contributed by atoms with E-state index in [1.807, 2.05) is 0 Å². The van der Waals surface area contributed by atoms with E-state index in [0.29, 0.717) is 0 Å². The van der Waals surface area contributed by atoms with Gasteiger partial charge in [-0.15, -0.1) is 0 Å². The van der Waals surface area contributed by atoms with Gasteiger partial charge >= 0.3 is 0 Å². The number of halogens is 2. The molecule has 2 aromatic rings. The minimum Gasteiger partial charge on any atom is -0.504 e. The van der Waals surface area contributed by atoms with Crippen molar-refractivity contribution in [3.63, 3.8) is 0 Å². The number of phenolic OH excluding ortho intramolecular Hbond substituents is 1. The quantitative estimate of drug-likeness (QED) is 0.845. The summed E-state index contributed by atoms with van der Waals surface area (Å²) >= 11 is 5.74. The van der Waals surface area contributed by atoms with Crippen molar-refractivity contribution in [3.8, 4) is 5.75 Å². The van der Waals surface area contributed by atoms with Gasteiger partial charge in [0, 0.05) is 0 Å². The monoisotopic (exact) mass is 329 g/mol. The molecule has 0 heterocycles. The third-order valence-corrected chi connectivity index (χ3v) is 4.90. The van der Waals surface area contributed by atoms with E-state index in [1.165, 1.54) is 32.0 Å². The minimum absolute atomic E-state index is 0.0247. The molecule has 7 heteroatoms. The van der Waals surface area contributed by atoms with E-state index in [9.17, 15) is 17.9 Å². The van der Waals surface area contributed by atoms with Crippen molar-refractivity contribution < 1.29 is 17.9 Å². The molecule has 4 nitrogen and oxygen atoms in total. The first kappa shape index (κ1) is 15.6. The zero-order valence-corrected chi connectivity index (χ0v) is 12.9. The van der Waals surface area contributed by atoms with Crippen LogP contribution in [-0.2, 0) is 10.0 Å². The van der Waals surface area contributed by atoms with Crippen LogP contribution >= 0.6 is 11.6 Å². The zero-order chi connectivity index (χ0) is 15.8. The third-order valence-electron chi connectivity index (χ3n) is 2.92. The van der Waals surface area contributed by atoms with Crippen LogP contribution < -0.4 is 4.72 Å². The van der Waals surface area contributed by atoms with Crippen molar-refractivity contribution in [1.29, 1.82) is 0 Å². The Balaban J connectivity index is 2.51. The van der Waals surface area contributed by atoms with Gasteiger partial charge in [0.1, 0.15) is 5.82 Å². The van der Waals surface area contributed by atoms with Crippen LogP contribution in [-0.4, -0.2) is 13.5 Å². The first-order chi connectivity index (χ1) is 9.72. The molecular formula is C14H13ClFNO3S. The molecule has 2 rings (SSSR count). The van der Waals surface area contributed by atoms with E-state index >= 15 is 0 Å². The summed E-state index contributed by atoms with van der Waals surface area (Å²) < 4.78 is 40.4. The molecule has 0 aliphatic rings. The summed E-state index contributed by atoms with van der Waals surface area (Å²) in [5, 5.41) is 9.80. The molecular weight excluding hydrogens is 317 g/mol. The number of aryl methyl sites for hydroxylation is 2. The Morgan fingerprint density at radius 1 is 1.19 bits per heavy atom. The van der Waals surface area contributed by atoms with Crippen LogP contribution in [0, 0.1) is 19.7 Å². The van der Waals surface area contributed by atoms with Crippen LogP contribution in [0.2, 0.25) is 5.02 Å². The average molecular weight is 330 g/mol. The minimum atomic E-state index is -3.97. The number of hydrogen-bond donors (Lipinski definition) is 2. The van der Waals surface area contributed by atoms with Gasteiger partial charge in [0.2, 0.25) is 0 Å². The fraction of sp³-hybridized carbons (Fsp3) is 0.143. The van der Waals surface area contributed by atoms with Crippen molar-refractivity contribution in [2.45, 2.75) is 18.7 Å². The molecule has 0 radical (unpaired) electrons. The van der Waals surface area contributed by atoms with Gasteiger partial charge in [-0.3, -0.25) is 4.72 Å². The van der Waals surface area contributed by atoms with Crippen molar-refractivity contribution in [2.24, 2.45) is 0 Å². The Kier molecular flexibility index (Phi) is 4.11. The number of phenols is 1. The lowest BCUT2D eigenvalue weighted by molar-refractivity contribution is 0.478. The predicted molar refractivity (Wildman–Crippen MR) is 79.8 cm³/mol. The lowest BCUT2D eigenvalue weighted by Gasteiger charge is -2.14. The van der Waals surface area contributed by atoms with Crippen LogP contribution in [0.5, 0.6) is 5.75 Å². The Morgan fingerprint density at radius 3 is 2.33 bits per heavy atom. The number of rotatable bonds is 3. The normalized spacial score (nSPS) is 11.4. The number of para-hydroxylation sites is 1. The van der Waals surface area contributed by atoms with Gasteiger partial charge in [-0.25, -0.2) is 12.8 Å². The van der Waals surface area contributed by atoms with Crippen molar-refractivity contribution in [1.82, 2.24) is 0 Å². The fourth-order valence-electron chi connectivity index (χ4n) is 2.11. The molecule has 0 amide bonds. The topological polar surface area (TPSA) is 66.4 Å². The second-order valence-electron chi connectivity index (χ2n) is 4.61. The Hall–Kier alpha value is -1.79. The average Bonchev–Trinajstić information content (AvgIpc) is 2.33. The fourth-order valence-corrected chi connectivity index (χ4v) is 3.81. The molecule has 21 heavy (non-hydrogen) atoms. The zero-order valence-electron chi connectivity index (χ0n) is 11.3. The maximum absolute atomic E-state index is 13.3. The summed E-state index contributed by atoms with van der Waals surface area (Å²) in [4.78, 5) is -0.0247. The molecule has 0 saturated carbocycles. The van der Waals surface area contributed by atoms with Crippen molar-refractivity contribution in [3.05, 3.63) is 52.3 Å². The highest BCUT2D eigenvalue weighted by molar-refractivity contribution is 7.92. The summed E-state index contributed by atoms with van der Waals surface area (Å²) in [5.41, 5.74) is 0.522. The van der Waals surface area contributed by atoms with Crippen LogP contribution in [0.25, 0.3) is 0 Å². The molecule has 0 aromatic heterocycles. The second-order valence-corrected chi connectivity index (χ2v) is 6.64. The lowest BCUT2D eigenvalue weighted by Crippen LogP contribution is -2.16. The SMILES string of the molecule is Cc1cc(F)cc(C)c1S(=O)(=O)Nc1cccc(Cl)c1O. The van der Waals surface area contributed by atoms with E-state index in [0.717, 1.165) is 12.1 Å². The number of aromatic hydroxyl groups is 1. The highest BCUT2D eigenvalue weighted by Gasteiger charge is 2.22. The standard InChI is InChI=1S/C14H13ClFNO3S/c1-8-6-10(16)7-9(2)14(8)21(19,20)17-12-5-3-4-11(15)13(12)18/h3-7,17-18H,1-2H3. The van der Waals surface area contributed by atoms with Crippen molar-refractivity contribution >= 4 is 27.3 Å². The van der Waals surface area contributed by atoms with E-state index < -0.39 is 15.8 Å². The molecule has 2 N–H and O–H groups in total. The largest absolute Gasteiger partial charge is 0.504 e. The second kappa shape index (κ2) is 5.54. The van der Waals surface area contributed by atoms with E-state index in [1.54, 1.807) is 0 Å². The molecule has 0 atom stereocenters. The van der Waals surface area contributed by atoms with E-state index in [-0.39, 0.29) is 32.5 Å². The first-order valence-electron chi connectivity index (χ1n) is 5.99. The summed E-state index contributed by atoms with van der Waals surface area (Å²) in [6, 6.07) is 6.60. The van der Waals surface area contributed by atoms with Gasteiger partial charge in [-0.2, -0.15) is 0 Å². The van der Waals surface area contributed by atoms with Gasteiger partial charge in [0.25, 0.3) is 10.0 Å². The highest BCUT2D eigenvalue weighted by atomic mass is 35.5. The van der Waals surface area contributed by atoms with Gasteiger partial charge < -0.3 is 5.11 Å². The summed E-state index contributed by atoms with van der Waals surface area (Å²) in [6.07, 6.45) is 0. The summed E-state index contributed by atoms with van der Waals surface area (Å²) in [5.74, 6) is -0.866. The highest BCUT2D eigenvalue weighted by Crippen LogP contribution is 2.33. The summed E-state index contributed by atoms with van der Waals surface area (Å²) in [6.45, 7) is 3.00. The number of sulfonamides is 1. The molecule has 0 fully saturated rings. The Bertz CT molecular complexity index is 783. The lowest BCUT2D eigenvalue weighted by atomic mass is 10.1. The molecule has 0 aliphatic heterocycles. The smallest absolute Gasteiger partial charge is 0.262 e. The summed E-state index contributed by atoms with van der Waals surface area (Å²) in [7, 11) is -3.97. The van der Waals surface area contributed by atoms with E-state index in [4.69, 9.17) is 11.6 Å². The van der Waals surface area contributed by atoms with Gasteiger partial charge in [0.15, 0.2) is 5.75 Å². The van der Waals surface area contributed by atoms with Crippen LogP contribution in [0.15, 0.2) is 35.2 Å². The number of benzene rings is 2. The van der Waals surface area contributed by atoms with Crippen LogP contribution in [0.1, 0.15) is 11.1 Å². The maximum Gasteiger partial charge on any atom is 0.262 e. The molecule has 0 spiro atoms. The van der Waals surface area contributed by atoms with Gasteiger partial charge in [-0.1, -0.05) is 17.7 Å².